The summed E-state index contributed by atoms with van der Waals surface area (Å²) in [6.45, 7) is 0.715. The van der Waals surface area contributed by atoms with Crippen LogP contribution in [0.1, 0.15) is 11.1 Å². The highest BCUT2D eigenvalue weighted by atomic mass is 19.1. The molecule has 0 saturated heterocycles. The second-order valence-electron chi connectivity index (χ2n) is 8.05. The zero-order valence-electron chi connectivity index (χ0n) is 21.2. The Labute approximate surface area is 214 Å². The van der Waals surface area contributed by atoms with Crippen molar-refractivity contribution in [3.63, 3.8) is 0 Å². The number of nitrogens with zero attached hydrogens (tertiary/aromatic N) is 3. The first kappa shape index (κ1) is 25.8. The third kappa shape index (κ3) is 5.61. The van der Waals surface area contributed by atoms with Crippen LogP contribution in [-0.4, -0.2) is 54.7 Å². The van der Waals surface area contributed by atoms with Gasteiger partial charge in [0.05, 0.1) is 35.0 Å². The molecule has 0 aliphatic rings. The fourth-order valence-electron chi connectivity index (χ4n) is 3.99. The third-order valence-electron chi connectivity index (χ3n) is 5.88. The van der Waals surface area contributed by atoms with E-state index >= 15 is 0 Å². The van der Waals surface area contributed by atoms with Crippen molar-refractivity contribution in [3.05, 3.63) is 59.5 Å². The fraction of sp³-hybridized carbons (Fsp3) is 0.308. The average Bonchev–Trinajstić information content (AvgIpc) is 3.25. The molecule has 0 atom stereocenters. The summed E-state index contributed by atoms with van der Waals surface area (Å²) in [6, 6.07) is 11.0. The number of fused-ring (bicyclic) bond motifs is 1. The van der Waals surface area contributed by atoms with Gasteiger partial charge in [-0.25, -0.2) is 9.37 Å². The minimum absolute atomic E-state index is 0.136. The summed E-state index contributed by atoms with van der Waals surface area (Å²) in [5, 5.41) is 15.9. The maximum Gasteiger partial charge on any atom is 0.225 e. The summed E-state index contributed by atoms with van der Waals surface area (Å²) >= 11 is 0. The van der Waals surface area contributed by atoms with Crippen molar-refractivity contribution in [2.24, 2.45) is 0 Å². The van der Waals surface area contributed by atoms with Crippen LogP contribution in [0.2, 0.25) is 0 Å². The molecule has 0 spiro atoms. The standard InChI is InChI=1S/C26H30FN5O5/c1-34-18-7-5-16(21(11-18)36-3)13-28-25-24-23(20(27)15-32(24)9-10-33)30-26(31-25)29-14-17-6-8-19(35-2)12-22(17)37-4/h5-8,11-12,15,33H,9-10,13-14H2,1-4H3,(H2,28,29,30,31). The SMILES string of the molecule is COc1ccc(CNc2nc(NCc3ccc(OC)cc3OC)c3c(n2)c(F)cn3CCO)c(OC)c1. The number of aromatic nitrogens is 3. The van der Waals surface area contributed by atoms with Crippen LogP contribution in [0, 0.1) is 5.82 Å². The van der Waals surface area contributed by atoms with E-state index in [0.29, 0.717) is 47.4 Å². The summed E-state index contributed by atoms with van der Waals surface area (Å²) in [5.74, 6) is 2.74. The molecule has 37 heavy (non-hydrogen) atoms. The first-order valence-corrected chi connectivity index (χ1v) is 11.6. The lowest BCUT2D eigenvalue weighted by molar-refractivity contribution is 0.278. The van der Waals surface area contributed by atoms with Gasteiger partial charge in [0, 0.05) is 49.1 Å². The second-order valence-corrected chi connectivity index (χ2v) is 8.05. The van der Waals surface area contributed by atoms with E-state index in [-0.39, 0.29) is 24.6 Å². The molecule has 196 valence electrons. The van der Waals surface area contributed by atoms with Crippen molar-refractivity contribution >= 4 is 22.8 Å². The van der Waals surface area contributed by atoms with Crippen LogP contribution < -0.4 is 29.6 Å². The number of aliphatic hydroxyl groups excluding tert-OH is 1. The summed E-state index contributed by atoms with van der Waals surface area (Å²) in [4.78, 5) is 9.04. The molecule has 10 nitrogen and oxygen atoms in total. The number of anilines is 2. The van der Waals surface area contributed by atoms with Crippen LogP contribution in [0.15, 0.2) is 42.6 Å². The normalized spacial score (nSPS) is 10.9. The molecule has 0 aliphatic carbocycles. The largest absolute Gasteiger partial charge is 0.497 e. The van der Waals surface area contributed by atoms with Gasteiger partial charge in [-0.1, -0.05) is 0 Å². The molecule has 4 aromatic rings. The molecule has 0 radical (unpaired) electrons. The van der Waals surface area contributed by atoms with Crippen molar-refractivity contribution in [3.8, 4) is 23.0 Å². The van der Waals surface area contributed by atoms with Crippen molar-refractivity contribution in [1.82, 2.24) is 14.5 Å². The molecular formula is C26H30FN5O5. The van der Waals surface area contributed by atoms with Crippen LogP contribution in [-0.2, 0) is 19.6 Å². The van der Waals surface area contributed by atoms with Crippen LogP contribution in [0.3, 0.4) is 0 Å². The van der Waals surface area contributed by atoms with Gasteiger partial charge in [0.25, 0.3) is 0 Å². The lowest BCUT2D eigenvalue weighted by Crippen LogP contribution is -2.11. The molecule has 4 rings (SSSR count). The van der Waals surface area contributed by atoms with Gasteiger partial charge < -0.3 is 39.3 Å². The van der Waals surface area contributed by atoms with Crippen molar-refractivity contribution in [1.29, 1.82) is 0 Å². The summed E-state index contributed by atoms with van der Waals surface area (Å²) < 4.78 is 38.0. The van der Waals surface area contributed by atoms with E-state index in [1.807, 2.05) is 24.3 Å². The minimum atomic E-state index is -0.513. The Morgan fingerprint density at radius 1 is 0.838 bits per heavy atom. The topological polar surface area (TPSA) is 112 Å². The van der Waals surface area contributed by atoms with E-state index in [1.54, 1.807) is 45.1 Å². The van der Waals surface area contributed by atoms with Crippen molar-refractivity contribution in [2.75, 3.05) is 45.7 Å². The zero-order chi connectivity index (χ0) is 26.4. The van der Waals surface area contributed by atoms with E-state index in [9.17, 15) is 9.50 Å². The Kier molecular flexibility index (Phi) is 8.14. The fourth-order valence-corrected chi connectivity index (χ4v) is 3.99. The van der Waals surface area contributed by atoms with E-state index < -0.39 is 5.82 Å². The van der Waals surface area contributed by atoms with Crippen molar-refractivity contribution < 1.29 is 28.4 Å². The Hall–Kier alpha value is -4.25. The average molecular weight is 512 g/mol. The summed E-state index contributed by atoms with van der Waals surface area (Å²) in [6.07, 6.45) is 1.31. The van der Waals surface area contributed by atoms with E-state index in [2.05, 4.69) is 20.6 Å². The third-order valence-corrected chi connectivity index (χ3v) is 5.88. The monoisotopic (exact) mass is 511 g/mol. The number of rotatable bonds is 12. The molecule has 3 N–H and O–H groups in total. The summed E-state index contributed by atoms with van der Waals surface area (Å²) in [7, 11) is 6.33. The Balaban J connectivity index is 1.66. The first-order valence-electron chi connectivity index (χ1n) is 11.6. The van der Waals surface area contributed by atoms with Gasteiger partial charge in [0.2, 0.25) is 5.95 Å². The second kappa shape index (κ2) is 11.7. The maximum atomic E-state index is 14.9. The predicted molar refractivity (Wildman–Crippen MR) is 138 cm³/mol. The van der Waals surface area contributed by atoms with E-state index in [1.165, 1.54) is 6.20 Å². The first-order chi connectivity index (χ1) is 18.0. The minimum Gasteiger partial charge on any atom is -0.497 e. The number of nitrogens with one attached hydrogen (secondary N) is 2. The van der Waals surface area contributed by atoms with Gasteiger partial charge in [-0.3, -0.25) is 0 Å². The van der Waals surface area contributed by atoms with Gasteiger partial charge in [-0.2, -0.15) is 4.98 Å². The molecule has 0 aliphatic heterocycles. The van der Waals surface area contributed by atoms with Crippen molar-refractivity contribution in [2.45, 2.75) is 19.6 Å². The number of aliphatic hydroxyl groups is 1. The molecule has 2 aromatic carbocycles. The molecule has 0 saturated carbocycles. The number of halogens is 1. The van der Waals surface area contributed by atoms with E-state index in [0.717, 1.165) is 11.1 Å². The molecule has 0 fully saturated rings. The highest BCUT2D eigenvalue weighted by Crippen LogP contribution is 2.30. The molecule has 11 heteroatoms. The van der Waals surface area contributed by atoms with Gasteiger partial charge >= 0.3 is 0 Å². The highest BCUT2D eigenvalue weighted by Gasteiger charge is 2.18. The van der Waals surface area contributed by atoms with Crippen LogP contribution >= 0.6 is 0 Å². The van der Waals surface area contributed by atoms with Gasteiger partial charge in [0.15, 0.2) is 11.6 Å². The van der Waals surface area contributed by atoms with Gasteiger partial charge in [-0.15, -0.1) is 0 Å². The highest BCUT2D eigenvalue weighted by molar-refractivity contribution is 5.88. The smallest absolute Gasteiger partial charge is 0.225 e. The number of methoxy groups -OCH3 is 4. The molecule has 2 heterocycles. The van der Waals surface area contributed by atoms with Crippen LogP contribution in [0.4, 0.5) is 16.2 Å². The predicted octanol–water partition coefficient (Wildman–Crippen LogP) is 3.82. The molecular weight excluding hydrogens is 481 g/mol. The molecule has 2 aromatic heterocycles. The van der Waals surface area contributed by atoms with Crippen LogP contribution in [0.5, 0.6) is 23.0 Å². The lowest BCUT2D eigenvalue weighted by atomic mass is 10.2. The molecule has 0 bridgehead atoms. The number of ether oxygens (including phenoxy) is 4. The Morgan fingerprint density at radius 2 is 1.43 bits per heavy atom. The molecule has 0 unspecified atom stereocenters. The molecule has 0 amide bonds. The van der Waals surface area contributed by atoms with Gasteiger partial charge in [0.1, 0.15) is 34.0 Å². The van der Waals surface area contributed by atoms with E-state index in [4.69, 9.17) is 18.9 Å². The Morgan fingerprint density at radius 3 is 1.97 bits per heavy atom. The quantitative estimate of drug-likeness (QED) is 0.261. The number of benzene rings is 2. The van der Waals surface area contributed by atoms with Crippen LogP contribution in [0.25, 0.3) is 11.0 Å². The Bertz CT molecular complexity index is 1380. The zero-order valence-corrected chi connectivity index (χ0v) is 21.2. The van der Waals surface area contributed by atoms with Gasteiger partial charge in [-0.05, 0) is 24.3 Å². The summed E-state index contributed by atoms with van der Waals surface area (Å²) in [5.41, 5.74) is 2.29. The maximum absolute atomic E-state index is 14.9. The lowest BCUT2D eigenvalue weighted by Gasteiger charge is -2.15. The number of hydrogen-bond acceptors (Lipinski definition) is 9. The number of hydrogen-bond donors (Lipinski definition) is 3.